The lowest BCUT2D eigenvalue weighted by atomic mass is 9.80. The predicted molar refractivity (Wildman–Crippen MR) is 130 cm³/mol. The molecule has 43 heavy (non-hydrogen) atoms. The fourth-order valence-corrected chi connectivity index (χ4v) is 3.99. The second kappa shape index (κ2) is 12.1. The van der Waals surface area contributed by atoms with Crippen LogP contribution in [0.2, 0.25) is 5.02 Å². The van der Waals surface area contributed by atoms with E-state index in [2.05, 4.69) is 9.72 Å². The molecule has 1 heterocycles. The summed E-state index contributed by atoms with van der Waals surface area (Å²) in [5, 5.41) is 2.78. The summed E-state index contributed by atoms with van der Waals surface area (Å²) in [5.74, 6) is -2.63. The molecule has 2 aromatic carbocycles. The number of rotatable bonds is 9. The van der Waals surface area contributed by atoms with Crippen LogP contribution in [0.1, 0.15) is 23.7 Å². The molecule has 0 bridgehead atoms. The largest absolute Gasteiger partial charge is 0.461 e. The molecule has 2 N–H and O–H groups in total. The molecule has 0 aliphatic carbocycles. The molecule has 0 spiro atoms. The lowest BCUT2D eigenvalue weighted by molar-refractivity contribution is -0.297. The minimum atomic E-state index is -6.07. The van der Waals surface area contributed by atoms with E-state index in [1.165, 1.54) is 30.3 Å². The Morgan fingerprint density at radius 2 is 1.51 bits per heavy atom. The summed E-state index contributed by atoms with van der Waals surface area (Å²) in [6.45, 7) is -0.341. The number of carbonyl (C=O) groups is 1. The second-order valence-electron chi connectivity index (χ2n) is 9.27. The third-order valence-electron chi connectivity index (χ3n) is 6.17. The normalized spacial score (nSPS) is 14.3. The van der Waals surface area contributed by atoms with Crippen molar-refractivity contribution < 1.29 is 57.8 Å². The average molecular weight is 650 g/mol. The molecule has 0 saturated heterocycles. The quantitative estimate of drug-likeness (QED) is 0.233. The zero-order valence-electron chi connectivity index (χ0n) is 21.4. The molecule has 3 aromatic rings. The third-order valence-corrected chi connectivity index (χ3v) is 6.40. The van der Waals surface area contributed by atoms with E-state index in [0.29, 0.717) is 12.1 Å². The van der Waals surface area contributed by atoms with Crippen LogP contribution in [0.3, 0.4) is 0 Å². The van der Waals surface area contributed by atoms with Crippen LogP contribution in [-0.2, 0) is 12.0 Å². The van der Waals surface area contributed by atoms with Crippen molar-refractivity contribution in [1.82, 2.24) is 15.6 Å². The number of hydrogen-bond acceptors (Lipinski definition) is 3. The first-order valence-electron chi connectivity index (χ1n) is 11.8. The molecule has 1 atom stereocenters. The van der Waals surface area contributed by atoms with Gasteiger partial charge in [-0.05, 0) is 42.3 Å². The van der Waals surface area contributed by atoms with Crippen LogP contribution in [-0.4, -0.2) is 41.4 Å². The van der Waals surface area contributed by atoms with Gasteiger partial charge in [-0.3, -0.25) is 4.98 Å². The van der Waals surface area contributed by atoms with E-state index in [-0.39, 0.29) is 29.3 Å². The van der Waals surface area contributed by atoms with E-state index in [1.54, 1.807) is 0 Å². The summed E-state index contributed by atoms with van der Waals surface area (Å²) in [5.41, 5.74) is -8.05. The zero-order chi connectivity index (χ0) is 32.4. The van der Waals surface area contributed by atoms with E-state index in [1.807, 2.05) is 5.32 Å². The number of pyridine rings is 1. The minimum absolute atomic E-state index is 0.0247. The molecule has 3 rings (SSSR count). The maximum Gasteiger partial charge on any atom is 0.461 e. The molecule has 0 aliphatic heterocycles. The van der Waals surface area contributed by atoms with E-state index in [4.69, 9.17) is 11.6 Å². The van der Waals surface area contributed by atoms with Gasteiger partial charge in [0.2, 0.25) is 5.54 Å². The molecule has 234 valence electrons. The predicted octanol–water partition coefficient (Wildman–Crippen LogP) is 7.78. The van der Waals surface area contributed by atoms with E-state index >= 15 is 0 Å². The number of halogens is 12. The van der Waals surface area contributed by atoms with Crippen LogP contribution in [0, 0.1) is 5.82 Å². The van der Waals surface area contributed by atoms with Gasteiger partial charge in [-0.1, -0.05) is 41.9 Å². The second-order valence-corrected chi connectivity index (χ2v) is 9.71. The summed E-state index contributed by atoms with van der Waals surface area (Å²) < 4.78 is 153. The maximum absolute atomic E-state index is 14.8. The lowest BCUT2D eigenvalue weighted by Gasteiger charge is -2.39. The van der Waals surface area contributed by atoms with Crippen molar-refractivity contribution in [3.8, 4) is 5.75 Å². The van der Waals surface area contributed by atoms with Crippen molar-refractivity contribution in [3.63, 3.8) is 0 Å². The molecule has 2 amide bonds. The summed E-state index contributed by atoms with van der Waals surface area (Å²) >= 11 is 5.87. The van der Waals surface area contributed by atoms with Crippen LogP contribution < -0.4 is 15.4 Å². The van der Waals surface area contributed by atoms with Gasteiger partial charge in [-0.25, -0.2) is 9.18 Å². The Kier molecular flexibility index (Phi) is 9.44. The van der Waals surface area contributed by atoms with Crippen LogP contribution in [0.15, 0.2) is 66.9 Å². The third kappa shape index (κ3) is 7.40. The highest BCUT2D eigenvalue weighted by Gasteiger charge is 2.69. The first-order chi connectivity index (χ1) is 19.7. The number of alkyl halides is 10. The van der Waals surface area contributed by atoms with Gasteiger partial charge < -0.3 is 15.4 Å². The number of urea groups is 1. The Morgan fingerprint density at radius 3 is 2.02 bits per heavy atom. The number of hydrogen-bond donors (Lipinski definition) is 2. The van der Waals surface area contributed by atoms with Crippen molar-refractivity contribution in [2.24, 2.45) is 0 Å². The van der Waals surface area contributed by atoms with Gasteiger partial charge in [-0.15, -0.1) is 0 Å². The van der Waals surface area contributed by atoms with E-state index in [0.717, 1.165) is 23.6 Å². The molecule has 0 radical (unpaired) electrons. The Morgan fingerprint density at radius 1 is 0.907 bits per heavy atom. The number of nitrogens with one attached hydrogen (secondary N) is 2. The SMILES string of the molecule is CC(NC(=O)NC(Cc1ccccc1)(c1cc(F)cc(OC(F)(F)C(F)F)c1)c1ccc(Cl)cn1)(C(F)(F)F)C(F)(F)F. The molecule has 0 fully saturated rings. The maximum atomic E-state index is 14.8. The summed E-state index contributed by atoms with van der Waals surface area (Å²) in [6, 6.07) is 8.77. The van der Waals surface area contributed by atoms with Gasteiger partial charge in [-0.2, -0.15) is 43.9 Å². The van der Waals surface area contributed by atoms with Gasteiger partial charge in [0.25, 0.3) is 0 Å². The number of aromatic nitrogens is 1. The van der Waals surface area contributed by atoms with E-state index in [9.17, 15) is 53.1 Å². The van der Waals surface area contributed by atoms with Crippen molar-refractivity contribution in [2.75, 3.05) is 0 Å². The van der Waals surface area contributed by atoms with Crippen molar-refractivity contribution in [3.05, 3.63) is 94.5 Å². The van der Waals surface area contributed by atoms with Gasteiger partial charge in [0, 0.05) is 18.7 Å². The molecule has 1 aromatic heterocycles. The Hall–Kier alpha value is -3.82. The monoisotopic (exact) mass is 649 g/mol. The summed E-state index contributed by atoms with van der Waals surface area (Å²) in [4.78, 5) is 17.0. The number of benzene rings is 2. The Labute approximate surface area is 241 Å². The fourth-order valence-electron chi connectivity index (χ4n) is 3.88. The van der Waals surface area contributed by atoms with Crippen molar-refractivity contribution >= 4 is 17.6 Å². The molecule has 0 aliphatic rings. The van der Waals surface area contributed by atoms with Gasteiger partial charge in [0.05, 0.1) is 10.7 Å². The number of amides is 2. The van der Waals surface area contributed by atoms with Crippen LogP contribution in [0.4, 0.5) is 53.1 Å². The topological polar surface area (TPSA) is 63.2 Å². The summed E-state index contributed by atoms with van der Waals surface area (Å²) in [6.07, 6.45) is -21.3. The van der Waals surface area contributed by atoms with Gasteiger partial charge >= 0.3 is 30.9 Å². The van der Waals surface area contributed by atoms with Crippen LogP contribution in [0.5, 0.6) is 5.75 Å². The highest BCUT2D eigenvalue weighted by molar-refractivity contribution is 6.30. The van der Waals surface area contributed by atoms with Crippen molar-refractivity contribution in [1.29, 1.82) is 0 Å². The lowest BCUT2D eigenvalue weighted by Crippen LogP contribution is -2.68. The number of nitrogens with zero attached hydrogens (tertiary/aromatic N) is 1. The smallest absolute Gasteiger partial charge is 0.428 e. The zero-order valence-corrected chi connectivity index (χ0v) is 22.2. The number of carbonyl (C=O) groups excluding carboxylic acids is 1. The first kappa shape index (κ1) is 33.7. The molecule has 5 nitrogen and oxygen atoms in total. The molecular formula is C26H19ClF11N3O2. The fraction of sp³-hybridized carbons (Fsp3) is 0.308. The molecule has 17 heteroatoms. The van der Waals surface area contributed by atoms with Crippen molar-refractivity contribution in [2.45, 2.75) is 49.3 Å². The number of ether oxygens (including phenoxy) is 1. The minimum Gasteiger partial charge on any atom is -0.428 e. The highest BCUT2D eigenvalue weighted by Crippen LogP contribution is 2.43. The summed E-state index contributed by atoms with van der Waals surface area (Å²) in [7, 11) is 0. The first-order valence-corrected chi connectivity index (χ1v) is 12.1. The standard InChI is InChI=1S/C26H19ClF11N3O2/c1-22(25(33,34)35,26(36,37)38)40-21(42)41-23(12-14-5-3-2-4-6-14,19-8-7-16(27)13-39-19)15-9-17(28)11-18(10-15)43-24(31,32)20(29)30/h2-11,13,20H,12H2,1H3,(H2,40,41,42). The van der Waals surface area contributed by atoms with Crippen LogP contribution >= 0.6 is 11.6 Å². The molecule has 0 saturated carbocycles. The average Bonchev–Trinajstić information content (AvgIpc) is 2.87. The van der Waals surface area contributed by atoms with Gasteiger partial charge in [0.15, 0.2) is 0 Å². The highest BCUT2D eigenvalue weighted by atomic mass is 35.5. The van der Waals surface area contributed by atoms with Crippen LogP contribution in [0.25, 0.3) is 0 Å². The Bertz CT molecular complexity index is 1400. The molecular weight excluding hydrogens is 631 g/mol. The van der Waals surface area contributed by atoms with Gasteiger partial charge in [0.1, 0.15) is 17.1 Å². The van der Waals surface area contributed by atoms with E-state index < -0.39 is 65.5 Å². The molecule has 1 unspecified atom stereocenters. The Balaban J connectivity index is 2.29.